The van der Waals surface area contributed by atoms with Gasteiger partial charge in [0.05, 0.1) is 5.75 Å². The van der Waals surface area contributed by atoms with E-state index in [0.717, 1.165) is 31.4 Å². The minimum atomic E-state index is -3.18. The van der Waals surface area contributed by atoms with E-state index in [1.807, 2.05) is 12.1 Å². The summed E-state index contributed by atoms with van der Waals surface area (Å²) in [5, 5.41) is 0.677. The molecule has 2 fully saturated rings. The molecule has 0 amide bonds. The lowest BCUT2D eigenvalue weighted by Crippen LogP contribution is -2.44. The number of sulfonamides is 1. The highest BCUT2D eigenvalue weighted by Crippen LogP contribution is 2.24. The second-order valence-electron chi connectivity index (χ2n) is 6.50. The van der Waals surface area contributed by atoms with Gasteiger partial charge in [0.25, 0.3) is 0 Å². The van der Waals surface area contributed by atoms with E-state index in [0.29, 0.717) is 31.3 Å². The maximum absolute atomic E-state index is 12.6. The molecule has 0 unspecified atom stereocenters. The lowest BCUT2D eigenvalue weighted by Gasteiger charge is -2.33. The van der Waals surface area contributed by atoms with E-state index in [1.54, 1.807) is 16.4 Å². The normalized spacial score (nSPS) is 21.7. The average molecular weight is 374 g/mol. The van der Waals surface area contributed by atoms with E-state index >= 15 is 0 Å². The third-order valence-corrected chi connectivity index (χ3v) is 6.99. The van der Waals surface area contributed by atoms with Crippen molar-refractivity contribution in [2.24, 2.45) is 5.92 Å². The van der Waals surface area contributed by atoms with Crippen LogP contribution in [-0.4, -0.2) is 50.9 Å². The van der Waals surface area contributed by atoms with Gasteiger partial charge >= 0.3 is 0 Å². The zero-order valence-corrected chi connectivity index (χ0v) is 15.3. The van der Waals surface area contributed by atoms with Crippen molar-refractivity contribution in [3.8, 4) is 5.75 Å². The van der Waals surface area contributed by atoms with Gasteiger partial charge in [0, 0.05) is 31.3 Å². The monoisotopic (exact) mass is 373 g/mol. The summed E-state index contributed by atoms with van der Waals surface area (Å²) in [6.07, 6.45) is 3.18. The number of rotatable bonds is 5. The van der Waals surface area contributed by atoms with Crippen LogP contribution in [0.2, 0.25) is 5.02 Å². The van der Waals surface area contributed by atoms with Crippen molar-refractivity contribution < 1.29 is 17.9 Å². The minimum Gasteiger partial charge on any atom is -0.490 e. The molecule has 2 aliphatic heterocycles. The Labute approximate surface area is 148 Å². The van der Waals surface area contributed by atoms with Crippen LogP contribution < -0.4 is 4.74 Å². The fraction of sp³-hybridized carbons (Fsp3) is 0.647. The van der Waals surface area contributed by atoms with Crippen molar-refractivity contribution >= 4 is 21.6 Å². The van der Waals surface area contributed by atoms with Crippen molar-refractivity contribution in [2.75, 3.05) is 32.1 Å². The van der Waals surface area contributed by atoms with Crippen LogP contribution in [-0.2, 0) is 14.8 Å². The van der Waals surface area contributed by atoms with Gasteiger partial charge in [-0.25, -0.2) is 12.7 Å². The van der Waals surface area contributed by atoms with Crippen LogP contribution in [0.5, 0.6) is 5.75 Å². The van der Waals surface area contributed by atoms with E-state index < -0.39 is 10.0 Å². The van der Waals surface area contributed by atoms with Crippen LogP contribution in [0.4, 0.5) is 0 Å². The molecule has 5 nitrogen and oxygen atoms in total. The molecule has 2 saturated heterocycles. The molecule has 7 heteroatoms. The van der Waals surface area contributed by atoms with Crippen LogP contribution in [0.1, 0.15) is 25.7 Å². The number of benzene rings is 1. The van der Waals surface area contributed by atoms with E-state index in [9.17, 15) is 8.42 Å². The van der Waals surface area contributed by atoms with E-state index in [-0.39, 0.29) is 17.8 Å². The van der Waals surface area contributed by atoms with Crippen LogP contribution in [0.25, 0.3) is 0 Å². The summed E-state index contributed by atoms with van der Waals surface area (Å²) in [6, 6.07) is 7.28. The van der Waals surface area contributed by atoms with Crippen molar-refractivity contribution in [1.82, 2.24) is 4.31 Å². The smallest absolute Gasteiger partial charge is 0.214 e. The minimum absolute atomic E-state index is 0.0562. The molecule has 0 atom stereocenters. The van der Waals surface area contributed by atoms with Gasteiger partial charge in [-0.1, -0.05) is 11.6 Å². The summed E-state index contributed by atoms with van der Waals surface area (Å²) in [5.74, 6) is 1.26. The summed E-state index contributed by atoms with van der Waals surface area (Å²) in [5.41, 5.74) is 0. The molecule has 0 radical (unpaired) electrons. The second-order valence-corrected chi connectivity index (χ2v) is 8.95. The molecular weight excluding hydrogens is 350 g/mol. The molecule has 0 saturated carbocycles. The highest BCUT2D eigenvalue weighted by molar-refractivity contribution is 7.89. The summed E-state index contributed by atoms with van der Waals surface area (Å²) in [6.45, 7) is 2.42. The molecule has 2 heterocycles. The maximum Gasteiger partial charge on any atom is 0.214 e. The average Bonchev–Trinajstić information content (AvgIpc) is 2.58. The van der Waals surface area contributed by atoms with Crippen molar-refractivity contribution in [1.29, 1.82) is 0 Å². The molecule has 134 valence electrons. The fourth-order valence-electron chi connectivity index (χ4n) is 3.25. The molecule has 3 rings (SSSR count). The van der Waals surface area contributed by atoms with Crippen molar-refractivity contribution in [2.45, 2.75) is 31.8 Å². The van der Waals surface area contributed by atoms with Crippen molar-refractivity contribution in [3.63, 3.8) is 0 Å². The Kier molecular flexibility index (Phi) is 6.02. The number of halogens is 1. The maximum atomic E-state index is 12.6. The Balaban J connectivity index is 1.49. The lowest BCUT2D eigenvalue weighted by molar-refractivity contribution is 0.0718. The largest absolute Gasteiger partial charge is 0.490 e. The SMILES string of the molecule is O=S(=O)(CC1CCOCC1)N1CCC(Oc2ccc(Cl)cc2)CC1. The quantitative estimate of drug-likeness (QED) is 0.796. The number of ether oxygens (including phenoxy) is 2. The highest BCUT2D eigenvalue weighted by atomic mass is 35.5. The predicted octanol–water partition coefficient (Wildman–Crippen LogP) is 2.94. The summed E-state index contributed by atoms with van der Waals surface area (Å²) in [7, 11) is -3.18. The number of piperidine rings is 1. The number of hydrogen-bond donors (Lipinski definition) is 0. The van der Waals surface area contributed by atoms with Crippen LogP contribution in [0.15, 0.2) is 24.3 Å². The molecule has 24 heavy (non-hydrogen) atoms. The Hall–Kier alpha value is -0.820. The van der Waals surface area contributed by atoms with Gasteiger partial charge in [0.1, 0.15) is 11.9 Å². The van der Waals surface area contributed by atoms with Gasteiger partial charge in [0.15, 0.2) is 0 Å². The van der Waals surface area contributed by atoms with Crippen molar-refractivity contribution in [3.05, 3.63) is 29.3 Å². The topological polar surface area (TPSA) is 55.8 Å². The zero-order chi connectivity index (χ0) is 17.0. The molecule has 1 aromatic carbocycles. The molecule has 0 bridgehead atoms. The number of hydrogen-bond acceptors (Lipinski definition) is 4. The number of nitrogens with zero attached hydrogens (tertiary/aromatic N) is 1. The van der Waals surface area contributed by atoms with Gasteiger partial charge in [-0.15, -0.1) is 0 Å². The first-order valence-corrected chi connectivity index (χ1v) is 10.5. The Morgan fingerprint density at radius 1 is 1.08 bits per heavy atom. The molecule has 0 aliphatic carbocycles. The third-order valence-electron chi connectivity index (χ3n) is 4.70. The molecular formula is C17H24ClNO4S. The lowest BCUT2D eigenvalue weighted by atomic mass is 10.0. The first-order valence-electron chi connectivity index (χ1n) is 8.51. The van der Waals surface area contributed by atoms with Crippen LogP contribution in [0, 0.1) is 5.92 Å². The van der Waals surface area contributed by atoms with Gasteiger partial charge in [-0.05, 0) is 55.9 Å². The molecule has 0 aromatic heterocycles. The van der Waals surface area contributed by atoms with Gasteiger partial charge < -0.3 is 9.47 Å². The molecule has 0 N–H and O–H groups in total. The molecule has 2 aliphatic rings. The molecule has 1 aromatic rings. The van der Waals surface area contributed by atoms with E-state index in [4.69, 9.17) is 21.1 Å². The van der Waals surface area contributed by atoms with E-state index in [1.165, 1.54) is 0 Å². The highest BCUT2D eigenvalue weighted by Gasteiger charge is 2.31. The molecule has 0 spiro atoms. The fourth-order valence-corrected chi connectivity index (χ4v) is 5.28. The summed E-state index contributed by atoms with van der Waals surface area (Å²) < 4.78 is 38.0. The Bertz CT molecular complexity index is 620. The van der Waals surface area contributed by atoms with Gasteiger partial charge in [-0.3, -0.25) is 0 Å². The Morgan fingerprint density at radius 2 is 1.71 bits per heavy atom. The summed E-state index contributed by atoms with van der Waals surface area (Å²) >= 11 is 5.87. The van der Waals surface area contributed by atoms with Gasteiger partial charge in [0.2, 0.25) is 10.0 Å². The summed E-state index contributed by atoms with van der Waals surface area (Å²) in [4.78, 5) is 0. The van der Waals surface area contributed by atoms with Crippen LogP contribution in [0.3, 0.4) is 0 Å². The Morgan fingerprint density at radius 3 is 2.33 bits per heavy atom. The van der Waals surface area contributed by atoms with Gasteiger partial charge in [-0.2, -0.15) is 0 Å². The van der Waals surface area contributed by atoms with Crippen LogP contribution >= 0.6 is 11.6 Å². The van der Waals surface area contributed by atoms with E-state index in [2.05, 4.69) is 0 Å². The second kappa shape index (κ2) is 8.04. The first kappa shape index (κ1) is 18.0. The zero-order valence-electron chi connectivity index (χ0n) is 13.7. The predicted molar refractivity (Wildman–Crippen MR) is 94.0 cm³/mol. The first-order chi connectivity index (χ1) is 11.5. The standard InChI is InChI=1S/C17H24ClNO4S/c18-15-1-3-16(4-2-15)23-17-5-9-19(10-6-17)24(20,21)13-14-7-11-22-12-8-14/h1-4,14,17H,5-13H2. The third kappa shape index (κ3) is 4.85.